The van der Waals surface area contributed by atoms with Crippen LogP contribution in [0.1, 0.15) is 76.8 Å². The zero-order chi connectivity index (χ0) is 14.3. The molecule has 1 aromatic rings. The van der Waals surface area contributed by atoms with E-state index in [0.29, 0.717) is 11.8 Å². The van der Waals surface area contributed by atoms with Crippen LogP contribution in [-0.4, -0.2) is 0 Å². The van der Waals surface area contributed by atoms with Crippen LogP contribution in [0, 0.1) is 11.7 Å². The maximum atomic E-state index is 13.8. The molecule has 1 rings (SSSR count). The van der Waals surface area contributed by atoms with E-state index in [1.165, 1.54) is 30.4 Å². The van der Waals surface area contributed by atoms with Crippen molar-refractivity contribution in [1.82, 2.24) is 0 Å². The van der Waals surface area contributed by atoms with Crippen LogP contribution < -0.4 is 0 Å². The normalized spacial score (nSPS) is 12.9. The fraction of sp³-hybridized carbons (Fsp3) is 0.667. The summed E-state index contributed by atoms with van der Waals surface area (Å²) in [6.45, 7) is 8.86. The highest BCUT2D eigenvalue weighted by Gasteiger charge is 2.11. The third kappa shape index (κ3) is 5.76. The number of hydrogen-bond donors (Lipinski definition) is 0. The lowest BCUT2D eigenvalue weighted by molar-refractivity contribution is 0.555. The molecule has 0 heterocycles. The quantitative estimate of drug-likeness (QED) is 0.532. The minimum absolute atomic E-state index is 0.0637. The van der Waals surface area contributed by atoms with Crippen molar-refractivity contribution in [3.8, 4) is 0 Å². The third-order valence-corrected chi connectivity index (χ3v) is 3.86. The lowest BCUT2D eigenvalue weighted by atomic mass is 9.89. The van der Waals surface area contributed by atoms with Crippen LogP contribution in [0.4, 0.5) is 4.39 Å². The Hall–Kier alpha value is -0.850. The first-order valence-electron chi connectivity index (χ1n) is 7.86. The molecule has 0 spiro atoms. The molecule has 0 nitrogen and oxygen atoms in total. The SMILES string of the molecule is CCCCC(CC)c1cc(F)cc(CCC(C)C)c1. The largest absolute Gasteiger partial charge is 0.207 e. The Morgan fingerprint density at radius 1 is 1.05 bits per heavy atom. The van der Waals surface area contributed by atoms with Gasteiger partial charge in [0.15, 0.2) is 0 Å². The zero-order valence-electron chi connectivity index (χ0n) is 13.0. The standard InChI is InChI=1S/C18H29F/c1-5-7-8-16(6-2)17-11-15(10-9-14(3)4)12-18(19)13-17/h11-14,16H,5-10H2,1-4H3. The van der Waals surface area contributed by atoms with E-state index in [1.54, 1.807) is 12.1 Å². The van der Waals surface area contributed by atoms with Crippen molar-refractivity contribution in [2.45, 2.75) is 72.1 Å². The number of benzene rings is 1. The monoisotopic (exact) mass is 264 g/mol. The summed E-state index contributed by atoms with van der Waals surface area (Å²) in [5, 5.41) is 0. The molecule has 0 saturated carbocycles. The first kappa shape index (κ1) is 16.2. The van der Waals surface area contributed by atoms with E-state index in [-0.39, 0.29) is 5.82 Å². The third-order valence-electron chi connectivity index (χ3n) is 3.86. The Bertz CT molecular complexity index is 368. The van der Waals surface area contributed by atoms with Gasteiger partial charge in [0.25, 0.3) is 0 Å². The predicted molar refractivity (Wildman–Crippen MR) is 82.1 cm³/mol. The summed E-state index contributed by atoms with van der Waals surface area (Å²) in [5.74, 6) is 1.13. The summed E-state index contributed by atoms with van der Waals surface area (Å²) < 4.78 is 13.8. The number of rotatable bonds is 8. The van der Waals surface area contributed by atoms with Gasteiger partial charge in [0.05, 0.1) is 0 Å². The van der Waals surface area contributed by atoms with Crippen LogP contribution in [0.25, 0.3) is 0 Å². The van der Waals surface area contributed by atoms with E-state index in [1.807, 2.05) is 0 Å². The van der Waals surface area contributed by atoms with E-state index < -0.39 is 0 Å². The van der Waals surface area contributed by atoms with Gasteiger partial charge >= 0.3 is 0 Å². The van der Waals surface area contributed by atoms with E-state index in [2.05, 4.69) is 33.8 Å². The molecule has 1 unspecified atom stereocenters. The highest BCUT2D eigenvalue weighted by molar-refractivity contribution is 5.27. The van der Waals surface area contributed by atoms with Gasteiger partial charge in [-0.1, -0.05) is 46.6 Å². The first-order valence-corrected chi connectivity index (χ1v) is 7.86. The number of hydrogen-bond acceptors (Lipinski definition) is 0. The van der Waals surface area contributed by atoms with Crippen molar-refractivity contribution in [1.29, 1.82) is 0 Å². The van der Waals surface area contributed by atoms with Gasteiger partial charge in [-0.05, 0) is 60.8 Å². The van der Waals surface area contributed by atoms with E-state index >= 15 is 0 Å². The van der Waals surface area contributed by atoms with Crippen molar-refractivity contribution in [2.75, 3.05) is 0 Å². The Kier molecular flexibility index (Phi) is 7.12. The molecule has 0 radical (unpaired) electrons. The molecule has 0 N–H and O–H groups in total. The molecule has 1 atom stereocenters. The van der Waals surface area contributed by atoms with Gasteiger partial charge in [-0.15, -0.1) is 0 Å². The Morgan fingerprint density at radius 3 is 2.37 bits per heavy atom. The van der Waals surface area contributed by atoms with Gasteiger partial charge in [-0.2, -0.15) is 0 Å². The van der Waals surface area contributed by atoms with Gasteiger partial charge < -0.3 is 0 Å². The Balaban J connectivity index is 2.81. The van der Waals surface area contributed by atoms with Crippen LogP contribution in [0.3, 0.4) is 0 Å². The van der Waals surface area contributed by atoms with Gasteiger partial charge in [-0.3, -0.25) is 0 Å². The summed E-state index contributed by atoms with van der Waals surface area (Å²) in [5.41, 5.74) is 2.37. The molecule has 0 bridgehead atoms. The van der Waals surface area contributed by atoms with Crippen molar-refractivity contribution >= 4 is 0 Å². The predicted octanol–water partition coefficient (Wildman–Crippen LogP) is 6.10. The van der Waals surface area contributed by atoms with Crippen molar-refractivity contribution in [2.24, 2.45) is 5.92 Å². The summed E-state index contributed by atoms with van der Waals surface area (Å²) in [6.07, 6.45) is 6.86. The van der Waals surface area contributed by atoms with Gasteiger partial charge in [0.1, 0.15) is 5.82 Å². The second kappa shape index (κ2) is 8.35. The molecule has 0 amide bonds. The average Bonchev–Trinajstić information content (AvgIpc) is 2.37. The van der Waals surface area contributed by atoms with E-state index in [9.17, 15) is 4.39 Å². The average molecular weight is 264 g/mol. The maximum absolute atomic E-state index is 13.8. The molecule has 0 saturated heterocycles. The van der Waals surface area contributed by atoms with E-state index in [0.717, 1.165) is 19.3 Å². The molecular formula is C18H29F. The van der Waals surface area contributed by atoms with Gasteiger partial charge in [0, 0.05) is 0 Å². The molecule has 1 heteroatoms. The second-order valence-corrected chi connectivity index (χ2v) is 6.07. The molecule has 0 aromatic heterocycles. The summed E-state index contributed by atoms with van der Waals surface area (Å²) in [7, 11) is 0. The fourth-order valence-electron chi connectivity index (χ4n) is 2.57. The van der Waals surface area contributed by atoms with Crippen molar-refractivity contribution in [3.05, 3.63) is 35.1 Å². The summed E-state index contributed by atoms with van der Waals surface area (Å²) >= 11 is 0. The Labute approximate surface area is 118 Å². The maximum Gasteiger partial charge on any atom is 0.123 e. The fourth-order valence-corrected chi connectivity index (χ4v) is 2.57. The Morgan fingerprint density at radius 2 is 1.79 bits per heavy atom. The summed E-state index contributed by atoms with van der Waals surface area (Å²) in [6, 6.07) is 5.68. The minimum Gasteiger partial charge on any atom is -0.207 e. The molecule has 0 aliphatic heterocycles. The second-order valence-electron chi connectivity index (χ2n) is 6.07. The van der Waals surface area contributed by atoms with Crippen LogP contribution in [0.2, 0.25) is 0 Å². The smallest absolute Gasteiger partial charge is 0.123 e. The highest BCUT2D eigenvalue weighted by Crippen LogP contribution is 2.27. The van der Waals surface area contributed by atoms with Crippen LogP contribution in [0.15, 0.2) is 18.2 Å². The number of aryl methyl sites for hydroxylation is 1. The molecule has 0 aliphatic rings. The number of unbranched alkanes of at least 4 members (excludes halogenated alkanes) is 1. The first-order chi connectivity index (χ1) is 9.06. The van der Waals surface area contributed by atoms with E-state index in [4.69, 9.17) is 0 Å². The van der Waals surface area contributed by atoms with Crippen LogP contribution >= 0.6 is 0 Å². The van der Waals surface area contributed by atoms with Crippen LogP contribution in [-0.2, 0) is 6.42 Å². The zero-order valence-corrected chi connectivity index (χ0v) is 13.0. The summed E-state index contributed by atoms with van der Waals surface area (Å²) in [4.78, 5) is 0. The molecule has 108 valence electrons. The molecular weight excluding hydrogens is 235 g/mol. The number of halogens is 1. The molecule has 1 aromatic carbocycles. The molecule has 0 aliphatic carbocycles. The lowest BCUT2D eigenvalue weighted by Gasteiger charge is -2.16. The van der Waals surface area contributed by atoms with Crippen molar-refractivity contribution in [3.63, 3.8) is 0 Å². The highest BCUT2D eigenvalue weighted by atomic mass is 19.1. The lowest BCUT2D eigenvalue weighted by Crippen LogP contribution is -2.01. The topological polar surface area (TPSA) is 0 Å². The van der Waals surface area contributed by atoms with Crippen molar-refractivity contribution < 1.29 is 4.39 Å². The minimum atomic E-state index is -0.0637. The van der Waals surface area contributed by atoms with Crippen LogP contribution in [0.5, 0.6) is 0 Å². The molecule has 0 fully saturated rings. The van der Waals surface area contributed by atoms with Gasteiger partial charge in [-0.25, -0.2) is 4.39 Å². The molecule has 19 heavy (non-hydrogen) atoms. The van der Waals surface area contributed by atoms with Gasteiger partial charge in [0.2, 0.25) is 0 Å².